The van der Waals surface area contributed by atoms with Gasteiger partial charge in [-0.3, -0.25) is 14.4 Å². The van der Waals surface area contributed by atoms with Crippen LogP contribution < -0.4 is 9.80 Å². The zero-order valence-corrected chi connectivity index (χ0v) is 29.5. The average molecular weight is 673 g/mol. The van der Waals surface area contributed by atoms with Gasteiger partial charge in [-0.05, 0) is 69.4 Å². The summed E-state index contributed by atoms with van der Waals surface area (Å²) in [5.74, 6) is -1.25. The molecule has 2 bridgehead atoms. The highest BCUT2D eigenvalue weighted by Crippen LogP contribution is 2.66. The Labute approximate surface area is 290 Å². The molecule has 2 aromatic rings. The Morgan fingerprint density at radius 3 is 2.25 bits per heavy atom. The van der Waals surface area contributed by atoms with Crippen LogP contribution in [-0.4, -0.2) is 88.0 Å². The number of hydrogen-bond acceptors (Lipinski definition) is 6. The maximum atomic E-state index is 15.0. The summed E-state index contributed by atoms with van der Waals surface area (Å²) >= 11 is 1.71. The zero-order chi connectivity index (χ0) is 34.3. The van der Waals surface area contributed by atoms with E-state index in [4.69, 9.17) is 0 Å². The minimum Gasteiger partial charge on any atom is -0.396 e. The molecule has 3 aliphatic rings. The van der Waals surface area contributed by atoms with Crippen LogP contribution in [0.4, 0.5) is 11.4 Å². The normalized spacial score (nSPS) is 24.0. The second kappa shape index (κ2) is 16.2. The Bertz CT molecular complexity index is 1430. The molecule has 3 aliphatic heterocycles. The van der Waals surface area contributed by atoms with Crippen LogP contribution >= 0.6 is 11.8 Å². The van der Waals surface area contributed by atoms with Crippen molar-refractivity contribution in [3.8, 4) is 0 Å². The maximum absolute atomic E-state index is 15.0. The lowest BCUT2D eigenvalue weighted by atomic mass is 9.70. The molecule has 258 valence electrons. The standard InChI is InChI=1S/C39H52N4O4S/c1-5-24-41(28-29-16-12-11-13-17-29)36(45)33-32-22-23-39(48-32)34(33)37(46)43(26-14-9-10-15-27-44)35(39)38(47)42(25-6-2)31-20-18-30(19-21-31)40(7-3)8-4/h5-6,11-13,16-21,32-35,44H,1-2,7-10,14-15,22-28H2,3-4H3/t32-,33+,34+,35?,39?/m1/s1. The van der Waals surface area contributed by atoms with Crippen LogP contribution in [0.25, 0.3) is 0 Å². The monoisotopic (exact) mass is 672 g/mol. The third kappa shape index (κ3) is 6.95. The van der Waals surface area contributed by atoms with Crippen molar-refractivity contribution < 1.29 is 19.5 Å². The number of likely N-dealkylation sites (tertiary alicyclic amines) is 1. The first kappa shape index (κ1) is 35.7. The molecule has 0 aliphatic carbocycles. The summed E-state index contributed by atoms with van der Waals surface area (Å²) in [6.45, 7) is 15.7. The molecule has 5 rings (SSSR count). The van der Waals surface area contributed by atoms with E-state index in [0.717, 1.165) is 62.1 Å². The van der Waals surface area contributed by atoms with Gasteiger partial charge in [-0.1, -0.05) is 55.3 Å². The van der Waals surface area contributed by atoms with E-state index in [1.54, 1.807) is 28.8 Å². The highest BCUT2D eigenvalue weighted by Gasteiger charge is 2.74. The number of carbonyl (C=O) groups is 3. The first-order valence-electron chi connectivity index (χ1n) is 17.6. The number of unbranched alkanes of at least 4 members (excludes halogenated alkanes) is 3. The number of aliphatic hydroxyl groups excluding tert-OH is 1. The van der Waals surface area contributed by atoms with E-state index in [-0.39, 0.29) is 29.6 Å². The largest absolute Gasteiger partial charge is 0.396 e. The topological polar surface area (TPSA) is 84.4 Å². The molecule has 3 fully saturated rings. The lowest BCUT2D eigenvalue weighted by molar-refractivity contribution is -0.144. The number of carbonyl (C=O) groups excluding carboxylic acids is 3. The Balaban J connectivity index is 1.48. The van der Waals surface area contributed by atoms with E-state index in [1.165, 1.54) is 0 Å². The van der Waals surface area contributed by atoms with Crippen molar-refractivity contribution in [3.05, 3.63) is 85.5 Å². The number of aliphatic hydroxyl groups is 1. The molecule has 8 nitrogen and oxygen atoms in total. The van der Waals surface area contributed by atoms with Crippen LogP contribution in [0.15, 0.2) is 79.9 Å². The van der Waals surface area contributed by atoms with Gasteiger partial charge in [0.25, 0.3) is 5.91 Å². The number of thioether (sulfide) groups is 1. The molecule has 2 aromatic carbocycles. The van der Waals surface area contributed by atoms with Crippen molar-refractivity contribution in [2.75, 3.05) is 49.1 Å². The fourth-order valence-electron chi connectivity index (χ4n) is 8.14. The third-order valence-electron chi connectivity index (χ3n) is 10.4. The summed E-state index contributed by atoms with van der Waals surface area (Å²) in [5.41, 5.74) is 2.90. The quantitative estimate of drug-likeness (QED) is 0.157. The molecule has 5 atom stereocenters. The molecule has 0 aromatic heterocycles. The summed E-state index contributed by atoms with van der Waals surface area (Å²) < 4.78 is -0.669. The Hall–Kier alpha value is -3.56. The molecule has 0 radical (unpaired) electrons. The smallest absolute Gasteiger partial charge is 0.251 e. The van der Waals surface area contributed by atoms with E-state index < -0.39 is 22.6 Å². The van der Waals surface area contributed by atoms with Gasteiger partial charge in [0.1, 0.15) is 6.04 Å². The van der Waals surface area contributed by atoms with Gasteiger partial charge in [0.2, 0.25) is 11.8 Å². The van der Waals surface area contributed by atoms with Crippen molar-refractivity contribution in [2.45, 2.75) is 75.0 Å². The predicted octanol–water partition coefficient (Wildman–Crippen LogP) is 5.91. The van der Waals surface area contributed by atoms with Gasteiger partial charge in [0.15, 0.2) is 0 Å². The fraction of sp³-hybridized carbons (Fsp3) is 0.513. The Kier molecular flexibility index (Phi) is 12.1. The second-order valence-corrected chi connectivity index (χ2v) is 14.7. The molecule has 3 saturated heterocycles. The summed E-state index contributed by atoms with van der Waals surface area (Å²) in [6, 6.07) is 17.3. The fourth-order valence-corrected chi connectivity index (χ4v) is 10.3. The molecule has 3 amide bonds. The molecule has 2 unspecified atom stereocenters. The summed E-state index contributed by atoms with van der Waals surface area (Å²) in [7, 11) is 0. The van der Waals surface area contributed by atoms with E-state index >= 15 is 0 Å². The SMILES string of the molecule is C=CCN(Cc1ccccc1)C(=O)[C@@H]1[C@H]2C(=O)N(CCCCCCO)C(C(=O)N(CC=C)c3ccc(N(CC)CC)cc3)C23CC[C@H]1S3. The minimum absolute atomic E-state index is 0.0160. The van der Waals surface area contributed by atoms with Crippen LogP contribution in [-0.2, 0) is 20.9 Å². The molecule has 9 heteroatoms. The van der Waals surface area contributed by atoms with E-state index in [1.807, 2.05) is 52.3 Å². The van der Waals surface area contributed by atoms with Gasteiger partial charge in [-0.15, -0.1) is 24.9 Å². The lowest BCUT2D eigenvalue weighted by Crippen LogP contribution is -2.55. The van der Waals surface area contributed by atoms with Crippen LogP contribution in [0.1, 0.15) is 57.9 Å². The third-order valence-corrected chi connectivity index (χ3v) is 12.3. The zero-order valence-electron chi connectivity index (χ0n) is 28.6. The minimum atomic E-state index is -0.676. The first-order valence-corrected chi connectivity index (χ1v) is 18.5. The van der Waals surface area contributed by atoms with Crippen molar-refractivity contribution in [2.24, 2.45) is 11.8 Å². The van der Waals surface area contributed by atoms with Crippen molar-refractivity contribution >= 4 is 40.9 Å². The number of hydrogen-bond donors (Lipinski definition) is 1. The molecule has 0 saturated carbocycles. The molecular formula is C39H52N4O4S. The predicted molar refractivity (Wildman–Crippen MR) is 196 cm³/mol. The average Bonchev–Trinajstić information content (AvgIpc) is 3.75. The van der Waals surface area contributed by atoms with Gasteiger partial charge in [-0.25, -0.2) is 0 Å². The molecule has 1 spiro atoms. The molecule has 48 heavy (non-hydrogen) atoms. The molecular weight excluding hydrogens is 621 g/mol. The van der Waals surface area contributed by atoms with Gasteiger partial charge in [-0.2, -0.15) is 0 Å². The van der Waals surface area contributed by atoms with Gasteiger partial charge in [0.05, 0.1) is 16.6 Å². The first-order chi connectivity index (χ1) is 23.3. The summed E-state index contributed by atoms with van der Waals surface area (Å²) in [6.07, 6.45) is 8.18. The number of amides is 3. The van der Waals surface area contributed by atoms with Gasteiger partial charge in [0, 0.05) is 62.5 Å². The van der Waals surface area contributed by atoms with Gasteiger partial charge >= 0.3 is 0 Å². The van der Waals surface area contributed by atoms with Crippen LogP contribution in [0.5, 0.6) is 0 Å². The van der Waals surface area contributed by atoms with Crippen molar-refractivity contribution in [3.63, 3.8) is 0 Å². The summed E-state index contributed by atoms with van der Waals surface area (Å²) in [4.78, 5) is 51.8. The van der Waals surface area contributed by atoms with Crippen LogP contribution in [0.3, 0.4) is 0 Å². The van der Waals surface area contributed by atoms with Crippen LogP contribution in [0, 0.1) is 11.8 Å². The van der Waals surface area contributed by atoms with Crippen LogP contribution in [0.2, 0.25) is 0 Å². The second-order valence-electron chi connectivity index (χ2n) is 13.1. The van der Waals surface area contributed by atoms with Gasteiger partial charge < -0.3 is 24.7 Å². The van der Waals surface area contributed by atoms with E-state index in [2.05, 4.69) is 44.0 Å². The Morgan fingerprint density at radius 2 is 1.60 bits per heavy atom. The van der Waals surface area contributed by atoms with E-state index in [9.17, 15) is 19.5 Å². The van der Waals surface area contributed by atoms with Crippen molar-refractivity contribution in [1.29, 1.82) is 0 Å². The van der Waals surface area contributed by atoms with E-state index in [0.29, 0.717) is 32.6 Å². The maximum Gasteiger partial charge on any atom is 0.251 e. The number of anilines is 2. The highest BCUT2D eigenvalue weighted by molar-refractivity contribution is 8.02. The number of fused-ring (bicyclic) bond motifs is 1. The number of benzene rings is 2. The number of nitrogens with zero attached hydrogens (tertiary/aromatic N) is 4. The van der Waals surface area contributed by atoms with Crippen molar-refractivity contribution in [1.82, 2.24) is 9.80 Å². The molecule has 3 heterocycles. The summed E-state index contributed by atoms with van der Waals surface area (Å²) in [5, 5.41) is 9.28. The molecule has 1 N–H and O–H groups in total. The highest BCUT2D eigenvalue weighted by atomic mass is 32.2. The Morgan fingerprint density at radius 1 is 0.938 bits per heavy atom. The lowest BCUT2D eigenvalue weighted by Gasteiger charge is -2.37. The number of rotatable bonds is 18.